The fraction of sp³-hybridized carbons (Fsp3) is 0.562. The number of likely N-dealkylation sites (tertiary alicyclic amines) is 1. The van der Waals surface area contributed by atoms with Crippen molar-refractivity contribution in [3.63, 3.8) is 0 Å². The van der Waals surface area contributed by atoms with Gasteiger partial charge in [0.1, 0.15) is 5.75 Å². The monoisotopic (exact) mass is 346 g/mol. The second kappa shape index (κ2) is 7.53. The van der Waals surface area contributed by atoms with Gasteiger partial charge in [0, 0.05) is 18.1 Å². The Morgan fingerprint density at radius 2 is 2.23 bits per heavy atom. The number of carbonyl (C=O) groups excluding carboxylic acids is 1. The highest BCUT2D eigenvalue weighted by molar-refractivity contribution is 6.31. The molecule has 1 aliphatic heterocycles. The van der Waals surface area contributed by atoms with Gasteiger partial charge >= 0.3 is 0 Å². The third-order valence-electron chi connectivity index (χ3n) is 4.15. The molecule has 22 heavy (non-hydrogen) atoms. The minimum absolute atomic E-state index is 0. The van der Waals surface area contributed by atoms with Crippen molar-refractivity contribution in [3.8, 4) is 5.75 Å². The van der Waals surface area contributed by atoms with E-state index in [1.165, 1.54) is 0 Å². The minimum atomic E-state index is -0.509. The van der Waals surface area contributed by atoms with Gasteiger partial charge < -0.3 is 15.4 Å². The van der Waals surface area contributed by atoms with Gasteiger partial charge in [-0.1, -0.05) is 18.5 Å². The van der Waals surface area contributed by atoms with Gasteiger partial charge in [-0.25, -0.2) is 0 Å². The van der Waals surface area contributed by atoms with E-state index in [0.29, 0.717) is 23.9 Å². The average Bonchev–Trinajstić information content (AvgIpc) is 2.85. The lowest BCUT2D eigenvalue weighted by atomic mass is 9.90. The molecule has 6 heteroatoms. The fourth-order valence-electron chi connectivity index (χ4n) is 2.58. The van der Waals surface area contributed by atoms with Crippen LogP contribution in [0.15, 0.2) is 18.2 Å². The molecule has 1 aromatic rings. The quantitative estimate of drug-likeness (QED) is 0.911. The van der Waals surface area contributed by atoms with E-state index in [4.69, 9.17) is 22.1 Å². The molecule has 1 saturated heterocycles. The zero-order chi connectivity index (χ0) is 15.6. The Bertz CT molecular complexity index is 539. The molecule has 2 N–H and O–H groups in total. The van der Waals surface area contributed by atoms with Gasteiger partial charge in [0.25, 0.3) is 5.91 Å². The number of aryl methyl sites for hydroxylation is 1. The third-order valence-corrected chi connectivity index (χ3v) is 4.58. The summed E-state index contributed by atoms with van der Waals surface area (Å²) in [5, 5.41) is 0.694. The summed E-state index contributed by atoms with van der Waals surface area (Å²) < 4.78 is 5.75. The Balaban J connectivity index is 0.00000242. The molecule has 4 nitrogen and oxygen atoms in total. The summed E-state index contributed by atoms with van der Waals surface area (Å²) >= 11 is 5.99. The highest BCUT2D eigenvalue weighted by Crippen LogP contribution is 2.29. The van der Waals surface area contributed by atoms with Crippen LogP contribution in [-0.4, -0.2) is 36.5 Å². The normalized spacial score (nSPS) is 22.1. The van der Waals surface area contributed by atoms with Crippen LogP contribution in [0.3, 0.4) is 0 Å². The summed E-state index contributed by atoms with van der Waals surface area (Å²) in [5.74, 6) is 0.679. The molecule has 2 rings (SSSR count). The van der Waals surface area contributed by atoms with Crippen molar-refractivity contribution in [1.29, 1.82) is 0 Å². The van der Waals surface area contributed by atoms with Gasteiger partial charge in [-0.3, -0.25) is 4.79 Å². The Morgan fingerprint density at radius 1 is 1.55 bits per heavy atom. The van der Waals surface area contributed by atoms with Crippen LogP contribution in [-0.2, 0) is 4.79 Å². The highest BCUT2D eigenvalue weighted by atomic mass is 35.5. The van der Waals surface area contributed by atoms with Gasteiger partial charge in [0.15, 0.2) is 6.10 Å². The Hall–Kier alpha value is -0.970. The second-order valence-corrected chi connectivity index (χ2v) is 6.60. The van der Waals surface area contributed by atoms with Crippen molar-refractivity contribution >= 4 is 29.9 Å². The van der Waals surface area contributed by atoms with E-state index in [0.717, 1.165) is 18.5 Å². The summed E-state index contributed by atoms with van der Waals surface area (Å²) in [6.45, 7) is 7.87. The lowest BCUT2D eigenvalue weighted by Crippen LogP contribution is -2.41. The van der Waals surface area contributed by atoms with Crippen molar-refractivity contribution in [1.82, 2.24) is 4.90 Å². The van der Waals surface area contributed by atoms with Gasteiger partial charge in [-0.2, -0.15) is 0 Å². The van der Waals surface area contributed by atoms with E-state index in [1.54, 1.807) is 19.1 Å². The summed E-state index contributed by atoms with van der Waals surface area (Å²) in [6, 6.07) is 5.41. The average molecular weight is 347 g/mol. The number of nitrogens with two attached hydrogens (primary N) is 1. The molecule has 0 spiro atoms. The first-order valence-electron chi connectivity index (χ1n) is 7.26. The molecular weight excluding hydrogens is 323 g/mol. The van der Waals surface area contributed by atoms with E-state index in [-0.39, 0.29) is 23.7 Å². The van der Waals surface area contributed by atoms with Crippen LogP contribution >= 0.6 is 24.0 Å². The molecule has 0 aliphatic carbocycles. The van der Waals surface area contributed by atoms with Crippen molar-refractivity contribution in [2.45, 2.75) is 33.3 Å². The van der Waals surface area contributed by atoms with E-state index in [9.17, 15) is 4.79 Å². The maximum absolute atomic E-state index is 12.4. The highest BCUT2D eigenvalue weighted by Gasteiger charge is 2.36. The summed E-state index contributed by atoms with van der Waals surface area (Å²) in [6.07, 6.45) is 0.438. The molecule has 1 amide bonds. The topological polar surface area (TPSA) is 55.6 Å². The number of amides is 1. The first-order chi connectivity index (χ1) is 9.84. The first kappa shape index (κ1) is 19.1. The Morgan fingerprint density at radius 3 is 2.77 bits per heavy atom. The molecule has 1 aromatic carbocycles. The van der Waals surface area contributed by atoms with Crippen LogP contribution in [0.4, 0.5) is 0 Å². The van der Waals surface area contributed by atoms with Crippen LogP contribution in [0.2, 0.25) is 5.02 Å². The third kappa shape index (κ3) is 4.28. The summed E-state index contributed by atoms with van der Waals surface area (Å²) in [4.78, 5) is 14.3. The number of rotatable bonds is 4. The molecule has 1 fully saturated rings. The molecule has 2 unspecified atom stereocenters. The fourth-order valence-corrected chi connectivity index (χ4v) is 2.70. The number of nitrogens with zero attached hydrogens (tertiary/aromatic N) is 1. The molecule has 1 aliphatic rings. The number of halogens is 2. The molecule has 1 heterocycles. The van der Waals surface area contributed by atoms with E-state index < -0.39 is 6.10 Å². The number of hydrogen-bond acceptors (Lipinski definition) is 3. The SMILES string of the molecule is Cc1cc(OC(C)C(=O)N2CCC(C)(CN)C2)ccc1Cl.Cl. The van der Waals surface area contributed by atoms with Crippen LogP contribution in [0, 0.1) is 12.3 Å². The first-order valence-corrected chi connectivity index (χ1v) is 7.64. The van der Waals surface area contributed by atoms with Crippen molar-refractivity contribution in [2.24, 2.45) is 11.1 Å². The molecule has 124 valence electrons. The lowest BCUT2D eigenvalue weighted by Gasteiger charge is -2.25. The van der Waals surface area contributed by atoms with E-state index >= 15 is 0 Å². The van der Waals surface area contributed by atoms with Crippen LogP contribution in [0.25, 0.3) is 0 Å². The minimum Gasteiger partial charge on any atom is -0.481 e. The molecule has 0 radical (unpaired) electrons. The van der Waals surface area contributed by atoms with Gasteiger partial charge in [0.05, 0.1) is 0 Å². The van der Waals surface area contributed by atoms with Crippen molar-refractivity contribution in [3.05, 3.63) is 28.8 Å². The predicted octanol–water partition coefficient (Wildman–Crippen LogP) is 3.03. The molecule has 2 atom stereocenters. The van der Waals surface area contributed by atoms with Crippen LogP contribution in [0.5, 0.6) is 5.75 Å². The van der Waals surface area contributed by atoms with Crippen LogP contribution < -0.4 is 10.5 Å². The van der Waals surface area contributed by atoms with Gasteiger partial charge in [-0.15, -0.1) is 12.4 Å². The molecule has 0 saturated carbocycles. The molecule has 0 bridgehead atoms. The maximum Gasteiger partial charge on any atom is 0.263 e. The standard InChI is InChI=1S/C16H23ClN2O2.ClH/c1-11-8-13(4-5-14(11)17)21-12(2)15(20)19-7-6-16(3,9-18)10-19;/h4-5,8,12H,6-7,9-10,18H2,1-3H3;1H. The van der Waals surface area contributed by atoms with E-state index in [1.807, 2.05) is 17.9 Å². The molecule has 0 aromatic heterocycles. The number of carbonyl (C=O) groups is 1. The van der Waals surface area contributed by atoms with Crippen LogP contribution in [0.1, 0.15) is 25.8 Å². The molecular formula is C16H24Cl2N2O2. The zero-order valence-corrected chi connectivity index (χ0v) is 14.8. The van der Waals surface area contributed by atoms with Gasteiger partial charge in [-0.05, 0) is 56.0 Å². The summed E-state index contributed by atoms with van der Waals surface area (Å²) in [5.41, 5.74) is 6.75. The lowest BCUT2D eigenvalue weighted by molar-refractivity contribution is -0.137. The largest absolute Gasteiger partial charge is 0.481 e. The Kier molecular flexibility index (Phi) is 6.53. The second-order valence-electron chi connectivity index (χ2n) is 6.20. The predicted molar refractivity (Wildman–Crippen MR) is 91.9 cm³/mol. The van der Waals surface area contributed by atoms with Crippen molar-refractivity contribution < 1.29 is 9.53 Å². The number of benzene rings is 1. The maximum atomic E-state index is 12.4. The van der Waals surface area contributed by atoms with Crippen molar-refractivity contribution in [2.75, 3.05) is 19.6 Å². The Labute approximate surface area is 143 Å². The van der Waals surface area contributed by atoms with Gasteiger partial charge in [0.2, 0.25) is 0 Å². The van der Waals surface area contributed by atoms with E-state index in [2.05, 4.69) is 6.92 Å². The zero-order valence-electron chi connectivity index (χ0n) is 13.3. The summed E-state index contributed by atoms with van der Waals surface area (Å²) in [7, 11) is 0. The number of ether oxygens (including phenoxy) is 1. The smallest absolute Gasteiger partial charge is 0.263 e. The number of hydrogen-bond donors (Lipinski definition) is 1.